The molecule has 0 heterocycles. The zero-order valence-corrected chi connectivity index (χ0v) is 22.5. The third kappa shape index (κ3) is 8.21. The fourth-order valence-electron chi connectivity index (χ4n) is 5.16. The van der Waals surface area contributed by atoms with Crippen LogP contribution in [0.1, 0.15) is 64.9 Å². The van der Waals surface area contributed by atoms with Crippen LogP contribution in [0.5, 0.6) is 5.75 Å². The maximum Gasteiger partial charge on any atom is 0.425 e. The van der Waals surface area contributed by atoms with Crippen molar-refractivity contribution in [3.8, 4) is 16.9 Å². The number of hydrogen-bond donors (Lipinski definition) is 0. The Morgan fingerprint density at radius 3 is 2.12 bits per heavy atom. The molecular weight excluding hydrogens is 540 g/mol. The van der Waals surface area contributed by atoms with Gasteiger partial charge in [-0.1, -0.05) is 49.6 Å². The minimum atomic E-state index is -4.68. The van der Waals surface area contributed by atoms with Crippen LogP contribution in [0.25, 0.3) is 16.7 Å². The van der Waals surface area contributed by atoms with Crippen LogP contribution in [0, 0.1) is 29.3 Å². The highest BCUT2D eigenvalue weighted by Gasteiger charge is 2.33. The van der Waals surface area contributed by atoms with E-state index in [4.69, 9.17) is 0 Å². The maximum absolute atomic E-state index is 15.1. The molecule has 218 valence electrons. The quantitative estimate of drug-likeness (QED) is 0.203. The van der Waals surface area contributed by atoms with Crippen molar-refractivity contribution in [1.29, 1.82) is 0 Å². The van der Waals surface area contributed by atoms with Crippen LogP contribution in [0.15, 0.2) is 60.2 Å². The van der Waals surface area contributed by atoms with E-state index < -0.39 is 47.6 Å². The Hall–Kier alpha value is -3.10. The number of benzene rings is 2. The van der Waals surface area contributed by atoms with Gasteiger partial charge in [0.05, 0.1) is 6.08 Å². The first kappa shape index (κ1) is 31.4. The monoisotopic (exact) mass is 572 g/mol. The molecule has 40 heavy (non-hydrogen) atoms. The van der Waals surface area contributed by atoms with Gasteiger partial charge in [0.1, 0.15) is 12.0 Å². The molecule has 0 radical (unpaired) electrons. The first-order chi connectivity index (χ1) is 18.8. The van der Waals surface area contributed by atoms with Crippen molar-refractivity contribution in [3.05, 3.63) is 83.2 Å². The molecule has 0 N–H and O–H groups in total. The second-order valence-corrected chi connectivity index (χ2v) is 10.2. The van der Waals surface area contributed by atoms with Gasteiger partial charge in [-0.2, -0.15) is 17.6 Å². The fraction of sp³-hybridized carbons (Fsp3) is 0.419. The van der Waals surface area contributed by atoms with Gasteiger partial charge in [0.15, 0.2) is 17.4 Å². The predicted molar refractivity (Wildman–Crippen MR) is 140 cm³/mol. The van der Waals surface area contributed by atoms with E-state index in [1.807, 2.05) is 13.0 Å². The molecule has 0 amide bonds. The number of allylic oxidation sites excluding steroid dienone is 4. The fourth-order valence-corrected chi connectivity index (χ4v) is 5.16. The maximum atomic E-state index is 15.1. The standard InChI is InChI=1S/C31H32F8O/c1-4-5-20-7-9-21(10-8-20)18(2)6-12-24(19(3)32)22-11-13-25(26(33)14-22)23-15-27(34)30(28(35)16-23)40-31(38,39)17-29(36)37/h6,11-17,19-21H,4-5,7-10H2,1-3H3/b18-6+,24-12+. The van der Waals surface area contributed by atoms with Crippen LogP contribution in [0.3, 0.4) is 0 Å². The van der Waals surface area contributed by atoms with Crippen LogP contribution in [0.4, 0.5) is 35.1 Å². The Balaban J connectivity index is 1.84. The van der Waals surface area contributed by atoms with Crippen molar-refractivity contribution >= 4 is 5.57 Å². The Kier molecular flexibility index (Phi) is 10.6. The third-order valence-corrected chi connectivity index (χ3v) is 7.27. The zero-order chi connectivity index (χ0) is 29.6. The lowest BCUT2D eigenvalue weighted by atomic mass is 9.77. The van der Waals surface area contributed by atoms with E-state index in [-0.39, 0.29) is 22.3 Å². The highest BCUT2D eigenvalue weighted by molar-refractivity contribution is 5.74. The summed E-state index contributed by atoms with van der Waals surface area (Å²) in [5.41, 5.74) is 0.938. The van der Waals surface area contributed by atoms with Crippen LogP contribution in [-0.4, -0.2) is 12.3 Å². The SMILES string of the molecule is CCCC1CCC(/C(C)=C/C=C(/c2ccc(-c3cc(F)c(OC(F)(F)C=C(F)F)c(F)c3)c(F)c2)C(C)F)CC1. The van der Waals surface area contributed by atoms with E-state index in [1.165, 1.54) is 31.9 Å². The summed E-state index contributed by atoms with van der Waals surface area (Å²) in [6.45, 7) is 5.51. The molecule has 1 atom stereocenters. The average Bonchev–Trinajstić information content (AvgIpc) is 2.86. The first-order valence-corrected chi connectivity index (χ1v) is 13.2. The molecule has 1 unspecified atom stereocenters. The van der Waals surface area contributed by atoms with Gasteiger partial charge in [-0.05, 0) is 86.3 Å². The molecule has 1 fully saturated rings. The summed E-state index contributed by atoms with van der Waals surface area (Å²) in [4.78, 5) is 0. The van der Waals surface area contributed by atoms with Crippen LogP contribution in [0.2, 0.25) is 0 Å². The van der Waals surface area contributed by atoms with Crippen molar-refractivity contribution in [2.75, 3.05) is 0 Å². The van der Waals surface area contributed by atoms with Gasteiger partial charge >= 0.3 is 6.11 Å². The highest BCUT2D eigenvalue weighted by atomic mass is 19.3. The molecule has 9 heteroatoms. The third-order valence-electron chi connectivity index (χ3n) is 7.27. The molecule has 1 aliphatic carbocycles. The largest absolute Gasteiger partial charge is 0.425 e. The molecule has 0 spiro atoms. The number of ether oxygens (including phenoxy) is 1. The summed E-state index contributed by atoms with van der Waals surface area (Å²) in [5.74, 6) is -4.66. The van der Waals surface area contributed by atoms with Gasteiger partial charge in [-0.25, -0.2) is 17.6 Å². The Morgan fingerprint density at radius 2 is 1.60 bits per heavy atom. The lowest BCUT2D eigenvalue weighted by Gasteiger charge is -2.29. The van der Waals surface area contributed by atoms with E-state index in [1.54, 1.807) is 6.08 Å². The summed E-state index contributed by atoms with van der Waals surface area (Å²) < 4.78 is 113. The molecule has 2 aromatic rings. The molecule has 0 saturated heterocycles. The molecular formula is C31H32F8O. The average molecular weight is 573 g/mol. The van der Waals surface area contributed by atoms with Gasteiger partial charge in [0.25, 0.3) is 6.08 Å². The first-order valence-electron chi connectivity index (χ1n) is 13.2. The summed E-state index contributed by atoms with van der Waals surface area (Å²) in [6, 6.07) is 4.69. The minimum Gasteiger partial charge on any atom is -0.423 e. The van der Waals surface area contributed by atoms with Gasteiger partial charge in [0, 0.05) is 5.56 Å². The number of halogens is 8. The summed E-state index contributed by atoms with van der Waals surface area (Å²) in [5, 5.41) is 0. The van der Waals surface area contributed by atoms with Crippen molar-refractivity contribution < 1.29 is 39.9 Å². The van der Waals surface area contributed by atoms with E-state index in [2.05, 4.69) is 11.7 Å². The number of rotatable bonds is 10. The lowest BCUT2D eigenvalue weighted by molar-refractivity contribution is -0.137. The second kappa shape index (κ2) is 13.5. The van der Waals surface area contributed by atoms with Crippen LogP contribution < -0.4 is 4.74 Å². The lowest BCUT2D eigenvalue weighted by Crippen LogP contribution is -2.23. The van der Waals surface area contributed by atoms with Gasteiger partial charge < -0.3 is 4.74 Å². The topological polar surface area (TPSA) is 9.23 Å². The molecule has 1 nitrogen and oxygen atoms in total. The van der Waals surface area contributed by atoms with Crippen LogP contribution in [-0.2, 0) is 0 Å². The van der Waals surface area contributed by atoms with Gasteiger partial charge in [0.2, 0.25) is 0 Å². The summed E-state index contributed by atoms with van der Waals surface area (Å²) >= 11 is 0. The van der Waals surface area contributed by atoms with Crippen molar-refractivity contribution in [2.45, 2.75) is 71.6 Å². The van der Waals surface area contributed by atoms with Crippen LogP contribution >= 0.6 is 0 Å². The van der Waals surface area contributed by atoms with Crippen molar-refractivity contribution in [1.82, 2.24) is 0 Å². The van der Waals surface area contributed by atoms with E-state index >= 15 is 4.39 Å². The van der Waals surface area contributed by atoms with E-state index in [0.717, 1.165) is 43.2 Å². The van der Waals surface area contributed by atoms with E-state index in [0.29, 0.717) is 18.1 Å². The molecule has 3 rings (SSSR count). The normalized spacial score (nSPS) is 19.4. The second-order valence-electron chi connectivity index (χ2n) is 10.2. The molecule has 1 saturated carbocycles. The Labute approximate surface area is 229 Å². The number of hydrogen-bond acceptors (Lipinski definition) is 1. The molecule has 0 bridgehead atoms. The van der Waals surface area contributed by atoms with Crippen molar-refractivity contribution in [3.63, 3.8) is 0 Å². The summed E-state index contributed by atoms with van der Waals surface area (Å²) in [7, 11) is 0. The van der Waals surface area contributed by atoms with Gasteiger partial charge in [-0.15, -0.1) is 0 Å². The van der Waals surface area contributed by atoms with Crippen molar-refractivity contribution in [2.24, 2.45) is 11.8 Å². The predicted octanol–water partition coefficient (Wildman–Crippen LogP) is 10.8. The molecule has 0 aromatic heterocycles. The molecule has 0 aliphatic heterocycles. The Morgan fingerprint density at radius 1 is 0.975 bits per heavy atom. The number of alkyl halides is 3. The highest BCUT2D eigenvalue weighted by Crippen LogP contribution is 2.37. The van der Waals surface area contributed by atoms with E-state index in [9.17, 15) is 30.7 Å². The molecule has 1 aliphatic rings. The Bertz CT molecular complexity index is 1240. The minimum absolute atomic E-state index is 0.223. The van der Waals surface area contributed by atoms with Gasteiger partial charge in [-0.3, -0.25) is 0 Å². The zero-order valence-electron chi connectivity index (χ0n) is 22.5. The molecule has 2 aromatic carbocycles. The smallest absolute Gasteiger partial charge is 0.423 e. The summed E-state index contributed by atoms with van der Waals surface area (Å²) in [6.07, 6.45) is 0.519.